The van der Waals surface area contributed by atoms with Crippen LogP contribution in [-0.4, -0.2) is 58.3 Å². The predicted octanol–water partition coefficient (Wildman–Crippen LogP) is 1.83. The number of carbonyl (C=O) groups excluding carboxylic acids is 4. The first-order chi connectivity index (χ1) is 12.6. The molecular formula is C18H23BrN2O6. The maximum absolute atomic E-state index is 12.6. The minimum absolute atomic E-state index is 0.0346. The van der Waals surface area contributed by atoms with Crippen LogP contribution in [-0.2, 0) is 23.9 Å². The Bertz CT molecular complexity index is 709. The van der Waals surface area contributed by atoms with Crippen LogP contribution in [0.25, 0.3) is 0 Å². The molecule has 2 aliphatic rings. The summed E-state index contributed by atoms with van der Waals surface area (Å²) in [5, 5.41) is 2.58. The quantitative estimate of drug-likeness (QED) is 0.291. The zero-order chi connectivity index (χ0) is 20.4. The van der Waals surface area contributed by atoms with Gasteiger partial charge in [-0.1, -0.05) is 28.6 Å². The summed E-state index contributed by atoms with van der Waals surface area (Å²) in [5.41, 5.74) is -0.496. The fourth-order valence-corrected chi connectivity index (χ4v) is 3.38. The Morgan fingerprint density at radius 2 is 2.04 bits per heavy atom. The Morgan fingerprint density at radius 3 is 2.59 bits per heavy atom. The standard InChI is InChI=1S/C18H23BrN2O6/c1-5-8-26-16(24)14-10(12(22)9-19)6-7-11-13(15(23)21(11)14)20-17(25)27-18(2,3)4/h5,11,13H,1,6-9H2,2-4H3,(H,20,25)/t11-,13?/m0/s1. The molecule has 0 aromatic carbocycles. The van der Waals surface area contributed by atoms with Crippen LogP contribution >= 0.6 is 15.9 Å². The van der Waals surface area contributed by atoms with Crippen LogP contribution in [0.2, 0.25) is 0 Å². The highest BCUT2D eigenvalue weighted by Crippen LogP contribution is 2.37. The van der Waals surface area contributed by atoms with E-state index >= 15 is 0 Å². The summed E-state index contributed by atoms with van der Waals surface area (Å²) in [6.07, 6.45) is 1.44. The first kappa shape index (κ1) is 21.1. The van der Waals surface area contributed by atoms with Gasteiger partial charge in [0, 0.05) is 5.57 Å². The molecule has 148 valence electrons. The summed E-state index contributed by atoms with van der Waals surface area (Å²) < 4.78 is 10.2. The number of ether oxygens (including phenoxy) is 2. The van der Waals surface area contributed by atoms with Gasteiger partial charge in [0.1, 0.15) is 23.9 Å². The summed E-state index contributed by atoms with van der Waals surface area (Å²) in [4.78, 5) is 50.5. The van der Waals surface area contributed by atoms with Crippen molar-refractivity contribution >= 4 is 39.7 Å². The molecule has 2 aliphatic heterocycles. The lowest BCUT2D eigenvalue weighted by Crippen LogP contribution is -2.72. The summed E-state index contributed by atoms with van der Waals surface area (Å²) in [7, 11) is 0. The van der Waals surface area contributed by atoms with Crippen molar-refractivity contribution in [3.05, 3.63) is 23.9 Å². The summed E-state index contributed by atoms with van der Waals surface area (Å²) >= 11 is 3.09. The van der Waals surface area contributed by atoms with Gasteiger partial charge >= 0.3 is 12.1 Å². The zero-order valence-electron chi connectivity index (χ0n) is 15.5. The van der Waals surface area contributed by atoms with Gasteiger partial charge in [-0.05, 0) is 33.6 Å². The number of rotatable bonds is 6. The highest BCUT2D eigenvalue weighted by Gasteiger charge is 2.54. The number of ketones is 1. The van der Waals surface area contributed by atoms with Crippen LogP contribution in [0.5, 0.6) is 0 Å². The third-order valence-corrected chi connectivity index (χ3v) is 4.60. The number of halogens is 1. The Labute approximate surface area is 166 Å². The van der Waals surface area contributed by atoms with Gasteiger partial charge in [-0.3, -0.25) is 14.5 Å². The first-order valence-electron chi connectivity index (χ1n) is 8.53. The normalized spacial score (nSPS) is 21.8. The van der Waals surface area contributed by atoms with Gasteiger partial charge in [0.25, 0.3) is 5.91 Å². The highest BCUT2D eigenvalue weighted by atomic mass is 79.9. The largest absolute Gasteiger partial charge is 0.457 e. The molecule has 1 saturated heterocycles. The number of Topliss-reactive ketones (excluding diaryl/α,β-unsaturated/α-hetero) is 1. The Balaban J connectivity index is 2.22. The maximum atomic E-state index is 12.6. The number of amides is 2. The van der Waals surface area contributed by atoms with Crippen molar-refractivity contribution in [2.75, 3.05) is 11.9 Å². The minimum Gasteiger partial charge on any atom is -0.457 e. The Kier molecular flexibility index (Phi) is 6.46. The number of hydrogen-bond donors (Lipinski definition) is 1. The molecule has 8 nitrogen and oxygen atoms in total. The first-order valence-corrected chi connectivity index (χ1v) is 9.65. The van der Waals surface area contributed by atoms with Gasteiger partial charge in [-0.15, -0.1) is 0 Å². The fourth-order valence-electron chi connectivity index (χ4n) is 3.04. The maximum Gasteiger partial charge on any atom is 0.408 e. The van der Waals surface area contributed by atoms with Crippen molar-refractivity contribution in [3.63, 3.8) is 0 Å². The fraction of sp³-hybridized carbons (Fsp3) is 0.556. The lowest BCUT2D eigenvalue weighted by molar-refractivity contribution is -0.156. The molecule has 1 N–H and O–H groups in total. The monoisotopic (exact) mass is 442 g/mol. The second-order valence-corrected chi connectivity index (χ2v) is 7.77. The smallest absolute Gasteiger partial charge is 0.408 e. The summed E-state index contributed by atoms with van der Waals surface area (Å²) in [6, 6.07) is -1.23. The van der Waals surface area contributed by atoms with Gasteiger partial charge < -0.3 is 14.8 Å². The van der Waals surface area contributed by atoms with E-state index in [2.05, 4.69) is 27.8 Å². The van der Waals surface area contributed by atoms with Crippen molar-refractivity contribution in [2.24, 2.45) is 0 Å². The number of nitrogens with one attached hydrogen (secondary N) is 1. The number of fused-ring (bicyclic) bond motifs is 1. The molecule has 0 aromatic rings. The van der Waals surface area contributed by atoms with Crippen LogP contribution in [0.3, 0.4) is 0 Å². The zero-order valence-corrected chi connectivity index (χ0v) is 17.1. The molecule has 0 spiro atoms. The Morgan fingerprint density at radius 1 is 1.37 bits per heavy atom. The van der Waals surface area contributed by atoms with E-state index in [-0.39, 0.29) is 29.0 Å². The second-order valence-electron chi connectivity index (χ2n) is 7.21. The molecule has 0 aromatic heterocycles. The van der Waals surface area contributed by atoms with E-state index in [0.717, 1.165) is 0 Å². The number of hydrogen-bond acceptors (Lipinski definition) is 6. The van der Waals surface area contributed by atoms with Gasteiger partial charge in [0.05, 0.1) is 11.4 Å². The van der Waals surface area contributed by atoms with Gasteiger partial charge in [0.15, 0.2) is 5.78 Å². The average Bonchev–Trinajstić information content (AvgIpc) is 2.60. The van der Waals surface area contributed by atoms with E-state index in [4.69, 9.17) is 9.47 Å². The molecule has 0 radical (unpaired) electrons. The number of nitrogens with zero attached hydrogens (tertiary/aromatic N) is 1. The molecule has 0 aliphatic carbocycles. The number of alkyl halides is 1. The minimum atomic E-state index is -0.803. The number of esters is 1. The number of carbonyl (C=O) groups is 4. The second kappa shape index (κ2) is 8.24. The number of allylic oxidation sites excluding steroid dienone is 1. The summed E-state index contributed by atoms with van der Waals surface area (Å²) in [6.45, 7) is 8.59. The molecule has 2 rings (SSSR count). The number of β-lactam (4-membered cyclic amide) rings is 1. The van der Waals surface area contributed by atoms with Crippen LogP contribution in [0.4, 0.5) is 4.79 Å². The molecule has 1 unspecified atom stereocenters. The van der Waals surface area contributed by atoms with E-state index in [1.165, 1.54) is 11.0 Å². The van der Waals surface area contributed by atoms with Gasteiger partial charge in [-0.25, -0.2) is 9.59 Å². The van der Waals surface area contributed by atoms with E-state index in [0.29, 0.717) is 12.8 Å². The van der Waals surface area contributed by atoms with Crippen molar-refractivity contribution in [1.82, 2.24) is 10.2 Å². The van der Waals surface area contributed by atoms with E-state index in [9.17, 15) is 19.2 Å². The molecule has 0 saturated carbocycles. The van der Waals surface area contributed by atoms with Crippen molar-refractivity contribution < 1.29 is 28.7 Å². The molecule has 1 fully saturated rings. The highest BCUT2D eigenvalue weighted by molar-refractivity contribution is 9.09. The van der Waals surface area contributed by atoms with E-state index in [1.807, 2.05) is 0 Å². The predicted molar refractivity (Wildman–Crippen MR) is 100 cm³/mol. The third-order valence-electron chi connectivity index (χ3n) is 4.09. The van der Waals surface area contributed by atoms with Crippen LogP contribution in [0.1, 0.15) is 33.6 Å². The molecular weight excluding hydrogens is 420 g/mol. The summed E-state index contributed by atoms with van der Waals surface area (Å²) in [5.74, 6) is -1.51. The topological polar surface area (TPSA) is 102 Å². The van der Waals surface area contributed by atoms with Gasteiger partial charge in [-0.2, -0.15) is 0 Å². The SMILES string of the molecule is C=CCOC(=O)C1=C(C(=O)CBr)CC[C@H]2C(NC(=O)OC(C)(C)C)C(=O)N12. The molecule has 9 heteroatoms. The van der Waals surface area contributed by atoms with Crippen LogP contribution in [0, 0.1) is 0 Å². The average molecular weight is 443 g/mol. The molecule has 27 heavy (non-hydrogen) atoms. The molecule has 2 heterocycles. The van der Waals surface area contributed by atoms with Crippen LogP contribution < -0.4 is 5.32 Å². The molecule has 0 bridgehead atoms. The number of alkyl carbamates (subject to hydrolysis) is 1. The van der Waals surface area contributed by atoms with Crippen LogP contribution in [0.15, 0.2) is 23.9 Å². The van der Waals surface area contributed by atoms with Crippen molar-refractivity contribution in [1.29, 1.82) is 0 Å². The van der Waals surface area contributed by atoms with Gasteiger partial charge in [0.2, 0.25) is 0 Å². The molecule has 2 amide bonds. The van der Waals surface area contributed by atoms with E-state index < -0.39 is 35.7 Å². The lowest BCUT2D eigenvalue weighted by atomic mass is 9.82. The van der Waals surface area contributed by atoms with Crippen molar-refractivity contribution in [2.45, 2.75) is 51.3 Å². The lowest BCUT2D eigenvalue weighted by Gasteiger charge is -2.50. The third kappa shape index (κ3) is 4.58. The van der Waals surface area contributed by atoms with E-state index in [1.54, 1.807) is 20.8 Å². The Hall–Kier alpha value is -2.16. The molecule has 2 atom stereocenters. The van der Waals surface area contributed by atoms with Crippen molar-refractivity contribution in [3.8, 4) is 0 Å².